The van der Waals surface area contributed by atoms with Crippen LogP contribution in [0.3, 0.4) is 0 Å². The third-order valence-corrected chi connectivity index (χ3v) is 2.87. The molecule has 0 bridgehead atoms. The first-order chi connectivity index (χ1) is 7.38. The Morgan fingerprint density at radius 3 is 2.40 bits per heavy atom. The maximum absolute atomic E-state index is 5.10. The lowest BCUT2D eigenvalue weighted by Crippen LogP contribution is -1.87. The van der Waals surface area contributed by atoms with Crippen molar-refractivity contribution in [2.24, 2.45) is 5.92 Å². The largest absolute Gasteiger partial charge is 0.497 e. The minimum absolute atomic E-state index is 0.632. The van der Waals surface area contributed by atoms with Crippen LogP contribution in [-0.2, 0) is 0 Å². The Morgan fingerprint density at radius 1 is 1.13 bits per heavy atom. The van der Waals surface area contributed by atoms with Crippen molar-refractivity contribution >= 4 is 0 Å². The minimum Gasteiger partial charge on any atom is -0.497 e. The first kappa shape index (κ1) is 10.1. The summed E-state index contributed by atoms with van der Waals surface area (Å²) in [6.45, 7) is 0. The van der Waals surface area contributed by atoms with Gasteiger partial charge < -0.3 is 4.74 Å². The molecule has 0 N–H and O–H groups in total. The van der Waals surface area contributed by atoms with Gasteiger partial charge in [0.25, 0.3) is 0 Å². The smallest absolute Gasteiger partial charge is 0.118 e. The molecule has 1 heteroatoms. The van der Waals surface area contributed by atoms with Crippen molar-refractivity contribution in [3.63, 3.8) is 0 Å². The van der Waals surface area contributed by atoms with Gasteiger partial charge in [-0.15, -0.1) is 0 Å². The highest BCUT2D eigenvalue weighted by Crippen LogP contribution is 2.23. The van der Waals surface area contributed by atoms with Gasteiger partial charge in [-0.05, 0) is 37.1 Å². The average molecular weight is 200 g/mol. The molecular formula is C14H16O. The second-order valence-electron chi connectivity index (χ2n) is 3.98. The SMILES string of the molecule is COc1ccc(C#CC2CCCC2)cc1. The van der Waals surface area contributed by atoms with Gasteiger partial charge >= 0.3 is 0 Å². The summed E-state index contributed by atoms with van der Waals surface area (Å²) >= 11 is 0. The highest BCUT2D eigenvalue weighted by atomic mass is 16.5. The van der Waals surface area contributed by atoms with E-state index in [0.717, 1.165) is 11.3 Å². The number of ether oxygens (including phenoxy) is 1. The van der Waals surface area contributed by atoms with Crippen molar-refractivity contribution in [2.45, 2.75) is 25.7 Å². The lowest BCUT2D eigenvalue weighted by atomic mass is 10.1. The summed E-state index contributed by atoms with van der Waals surface area (Å²) in [7, 11) is 1.68. The molecule has 0 atom stereocenters. The van der Waals surface area contributed by atoms with E-state index < -0.39 is 0 Å². The zero-order chi connectivity index (χ0) is 10.5. The standard InChI is InChI=1S/C14H16O/c1-15-14-10-8-13(9-11-14)7-6-12-4-2-3-5-12/h8-12H,2-5H2,1H3. The van der Waals surface area contributed by atoms with Crippen LogP contribution >= 0.6 is 0 Å². The summed E-state index contributed by atoms with van der Waals surface area (Å²) < 4.78 is 5.10. The van der Waals surface area contributed by atoms with E-state index in [0.29, 0.717) is 5.92 Å². The van der Waals surface area contributed by atoms with Gasteiger partial charge in [-0.1, -0.05) is 24.7 Å². The second-order valence-corrected chi connectivity index (χ2v) is 3.98. The van der Waals surface area contributed by atoms with Crippen LogP contribution in [0.1, 0.15) is 31.2 Å². The van der Waals surface area contributed by atoms with Crippen molar-refractivity contribution < 1.29 is 4.74 Å². The van der Waals surface area contributed by atoms with Crippen LogP contribution < -0.4 is 4.74 Å². The van der Waals surface area contributed by atoms with E-state index >= 15 is 0 Å². The Kier molecular flexibility index (Phi) is 3.29. The molecular weight excluding hydrogens is 184 g/mol. The molecule has 1 saturated carbocycles. The van der Waals surface area contributed by atoms with Crippen LogP contribution in [0.15, 0.2) is 24.3 Å². The minimum atomic E-state index is 0.632. The Balaban J connectivity index is 2.03. The van der Waals surface area contributed by atoms with Crippen molar-refractivity contribution in [1.29, 1.82) is 0 Å². The van der Waals surface area contributed by atoms with Crippen LogP contribution in [0.4, 0.5) is 0 Å². The fourth-order valence-electron chi connectivity index (χ4n) is 1.93. The summed E-state index contributed by atoms with van der Waals surface area (Å²) in [5, 5.41) is 0. The molecule has 0 heterocycles. The molecule has 0 unspecified atom stereocenters. The predicted octanol–water partition coefficient (Wildman–Crippen LogP) is 3.24. The van der Waals surface area contributed by atoms with Crippen molar-refractivity contribution in [3.05, 3.63) is 29.8 Å². The summed E-state index contributed by atoms with van der Waals surface area (Å²) in [6, 6.07) is 7.94. The maximum atomic E-state index is 5.10. The number of rotatable bonds is 1. The summed E-state index contributed by atoms with van der Waals surface area (Å²) in [6.07, 6.45) is 5.26. The molecule has 1 aromatic carbocycles. The maximum Gasteiger partial charge on any atom is 0.118 e. The van der Waals surface area contributed by atoms with Crippen molar-refractivity contribution in [3.8, 4) is 17.6 Å². The molecule has 0 aliphatic heterocycles. The Hall–Kier alpha value is -1.42. The molecule has 1 aromatic rings. The van der Waals surface area contributed by atoms with Crippen LogP contribution in [0.2, 0.25) is 0 Å². The monoisotopic (exact) mass is 200 g/mol. The van der Waals surface area contributed by atoms with Crippen LogP contribution in [-0.4, -0.2) is 7.11 Å². The predicted molar refractivity (Wildman–Crippen MR) is 61.8 cm³/mol. The second kappa shape index (κ2) is 4.89. The first-order valence-corrected chi connectivity index (χ1v) is 5.54. The average Bonchev–Trinajstić information content (AvgIpc) is 2.80. The number of hydrogen-bond acceptors (Lipinski definition) is 1. The first-order valence-electron chi connectivity index (χ1n) is 5.54. The quantitative estimate of drug-likeness (QED) is 0.632. The third-order valence-electron chi connectivity index (χ3n) is 2.87. The zero-order valence-corrected chi connectivity index (χ0v) is 9.12. The Labute approximate surface area is 91.5 Å². The van der Waals surface area contributed by atoms with E-state index in [2.05, 4.69) is 11.8 Å². The molecule has 1 aliphatic carbocycles. The molecule has 0 radical (unpaired) electrons. The molecule has 78 valence electrons. The van der Waals surface area contributed by atoms with Gasteiger partial charge in [0, 0.05) is 11.5 Å². The molecule has 0 spiro atoms. The molecule has 15 heavy (non-hydrogen) atoms. The fraction of sp³-hybridized carbons (Fsp3) is 0.429. The number of hydrogen-bond donors (Lipinski definition) is 0. The number of methoxy groups -OCH3 is 1. The molecule has 0 saturated heterocycles. The topological polar surface area (TPSA) is 9.23 Å². The van der Waals surface area contributed by atoms with E-state index in [1.807, 2.05) is 24.3 Å². The van der Waals surface area contributed by atoms with Gasteiger partial charge in [0.05, 0.1) is 7.11 Å². The van der Waals surface area contributed by atoms with Crippen molar-refractivity contribution in [2.75, 3.05) is 7.11 Å². The van der Waals surface area contributed by atoms with E-state index in [1.54, 1.807) is 7.11 Å². The molecule has 1 nitrogen and oxygen atoms in total. The molecule has 0 aromatic heterocycles. The van der Waals surface area contributed by atoms with Gasteiger partial charge in [-0.3, -0.25) is 0 Å². The lowest BCUT2D eigenvalue weighted by Gasteiger charge is -1.98. The highest BCUT2D eigenvalue weighted by Gasteiger charge is 2.11. The Morgan fingerprint density at radius 2 is 1.80 bits per heavy atom. The van der Waals surface area contributed by atoms with E-state index in [-0.39, 0.29) is 0 Å². The third kappa shape index (κ3) is 2.76. The van der Waals surface area contributed by atoms with Crippen LogP contribution in [0.25, 0.3) is 0 Å². The normalized spacial score (nSPS) is 15.8. The molecule has 0 amide bonds. The lowest BCUT2D eigenvalue weighted by molar-refractivity contribution is 0.415. The zero-order valence-electron chi connectivity index (χ0n) is 9.12. The van der Waals surface area contributed by atoms with E-state index in [9.17, 15) is 0 Å². The summed E-state index contributed by atoms with van der Waals surface area (Å²) in [5.74, 6) is 8.10. The van der Waals surface area contributed by atoms with Gasteiger partial charge in [0.2, 0.25) is 0 Å². The van der Waals surface area contributed by atoms with Gasteiger partial charge in [-0.25, -0.2) is 0 Å². The molecule has 1 fully saturated rings. The highest BCUT2D eigenvalue weighted by molar-refractivity contribution is 5.38. The summed E-state index contributed by atoms with van der Waals surface area (Å²) in [5.41, 5.74) is 1.09. The van der Waals surface area contributed by atoms with Crippen LogP contribution in [0.5, 0.6) is 5.75 Å². The number of benzene rings is 1. The Bertz CT molecular complexity index is 361. The van der Waals surface area contributed by atoms with Crippen LogP contribution in [0, 0.1) is 17.8 Å². The summed E-state index contributed by atoms with van der Waals surface area (Å²) in [4.78, 5) is 0. The molecule has 1 aliphatic rings. The van der Waals surface area contributed by atoms with Gasteiger partial charge in [0.1, 0.15) is 5.75 Å². The fourth-order valence-corrected chi connectivity index (χ4v) is 1.93. The van der Waals surface area contributed by atoms with Crippen molar-refractivity contribution in [1.82, 2.24) is 0 Å². The van der Waals surface area contributed by atoms with E-state index in [4.69, 9.17) is 4.74 Å². The molecule has 2 rings (SSSR count). The van der Waals surface area contributed by atoms with E-state index in [1.165, 1.54) is 25.7 Å². The van der Waals surface area contributed by atoms with Gasteiger partial charge in [-0.2, -0.15) is 0 Å². The van der Waals surface area contributed by atoms with Gasteiger partial charge in [0.15, 0.2) is 0 Å².